The Kier molecular flexibility index (Phi) is 5.23. The lowest BCUT2D eigenvalue weighted by atomic mass is 9.78. The zero-order valence-electron chi connectivity index (χ0n) is 20.2. The van der Waals surface area contributed by atoms with E-state index in [1.807, 2.05) is 31.2 Å². The summed E-state index contributed by atoms with van der Waals surface area (Å²) in [5.74, 6) is 0.667. The minimum Gasteiger partial charge on any atom is -0.494 e. The molecule has 2 aliphatic rings. The number of thiazole rings is 1. The number of pyridine rings is 1. The number of aromatic nitrogens is 3. The van der Waals surface area contributed by atoms with Crippen molar-refractivity contribution in [3.8, 4) is 23.5 Å². The lowest BCUT2D eigenvalue weighted by Crippen LogP contribution is -2.23. The molecule has 190 valence electrons. The van der Waals surface area contributed by atoms with Crippen LogP contribution in [0, 0.1) is 11.3 Å². The summed E-state index contributed by atoms with van der Waals surface area (Å²) in [5.41, 5.74) is 2.31. The minimum atomic E-state index is -0.704. The fourth-order valence-electron chi connectivity index (χ4n) is 6.02. The highest BCUT2D eigenvalue weighted by molar-refractivity contribution is 8.01. The maximum absolute atomic E-state index is 11.6. The van der Waals surface area contributed by atoms with Gasteiger partial charge in [-0.2, -0.15) is 5.26 Å². The molecule has 0 aliphatic carbocycles. The number of hydrogen-bond acceptors (Lipinski definition) is 8. The quantitative estimate of drug-likeness (QED) is 0.223. The Morgan fingerprint density at radius 3 is 2.87 bits per heavy atom. The Morgan fingerprint density at radius 2 is 2.03 bits per heavy atom. The van der Waals surface area contributed by atoms with Crippen LogP contribution in [-0.2, 0) is 15.9 Å². The molecule has 0 unspecified atom stereocenters. The topological polar surface area (TPSA) is 104 Å². The average molecular weight is 561 g/mol. The molecule has 5 aromatic rings. The molecule has 2 bridgehead atoms. The first-order chi connectivity index (χ1) is 18.3. The van der Waals surface area contributed by atoms with Gasteiger partial charge in [-0.25, -0.2) is 4.98 Å². The molecule has 1 fully saturated rings. The molecule has 0 amide bonds. The largest absolute Gasteiger partial charge is 0.494 e. The summed E-state index contributed by atoms with van der Waals surface area (Å²) in [6.45, 7) is 1.98. The highest BCUT2D eigenvalue weighted by atomic mass is 35.5. The lowest BCUT2D eigenvalue weighted by Gasteiger charge is -2.26. The van der Waals surface area contributed by atoms with Crippen molar-refractivity contribution in [1.82, 2.24) is 14.5 Å². The smallest absolute Gasteiger partial charge is 0.205 e. The fourth-order valence-corrected chi connectivity index (χ4v) is 8.39. The standard InChI is InChI=1S/C28H21ClN4O3S2/c1-27-8-9-28(36-27,10-12-37-26-32-18-13-16(29)5-7-20(18)38-26)22-21(27)24(34)33(25(22)35)19-6-4-15(14-30)23-17(19)3-2-11-31-23/h2-7,11,13,34-35H,8-10,12H2,1H3/t27-,28-/m1/s1. The van der Waals surface area contributed by atoms with Crippen molar-refractivity contribution >= 4 is 55.8 Å². The third-order valence-electron chi connectivity index (χ3n) is 7.70. The number of nitrogens with zero attached hydrogens (tertiary/aromatic N) is 4. The molecule has 2 aliphatic heterocycles. The summed E-state index contributed by atoms with van der Waals surface area (Å²) in [7, 11) is 0. The van der Waals surface area contributed by atoms with Crippen molar-refractivity contribution in [1.29, 1.82) is 5.26 Å². The molecule has 2 N–H and O–H groups in total. The Balaban J connectivity index is 1.27. The molecular formula is C28H21ClN4O3S2. The van der Waals surface area contributed by atoms with E-state index >= 15 is 0 Å². The van der Waals surface area contributed by atoms with Gasteiger partial charge in [0.25, 0.3) is 0 Å². The number of nitriles is 1. The molecule has 2 aromatic carbocycles. The van der Waals surface area contributed by atoms with Gasteiger partial charge in [0.2, 0.25) is 11.8 Å². The molecular weight excluding hydrogens is 540 g/mol. The van der Waals surface area contributed by atoms with Crippen LogP contribution in [0.2, 0.25) is 5.02 Å². The van der Waals surface area contributed by atoms with Gasteiger partial charge >= 0.3 is 0 Å². The van der Waals surface area contributed by atoms with Crippen molar-refractivity contribution in [3.05, 3.63) is 70.4 Å². The van der Waals surface area contributed by atoms with Crippen LogP contribution >= 0.6 is 34.7 Å². The molecule has 5 heterocycles. The minimum absolute atomic E-state index is 0.0320. The van der Waals surface area contributed by atoms with Gasteiger partial charge in [0.1, 0.15) is 11.7 Å². The molecule has 2 atom stereocenters. The van der Waals surface area contributed by atoms with E-state index in [2.05, 4.69) is 11.1 Å². The van der Waals surface area contributed by atoms with Gasteiger partial charge in [-0.05, 0) is 68.7 Å². The summed E-state index contributed by atoms with van der Waals surface area (Å²) >= 11 is 9.41. The van der Waals surface area contributed by atoms with Gasteiger partial charge in [-0.15, -0.1) is 11.3 Å². The van der Waals surface area contributed by atoms with E-state index in [1.165, 1.54) is 4.57 Å². The van der Waals surface area contributed by atoms with E-state index < -0.39 is 11.2 Å². The number of hydrogen-bond donors (Lipinski definition) is 2. The van der Waals surface area contributed by atoms with Crippen LogP contribution < -0.4 is 0 Å². The monoisotopic (exact) mass is 560 g/mol. The van der Waals surface area contributed by atoms with Gasteiger partial charge in [-0.1, -0.05) is 23.4 Å². The Morgan fingerprint density at radius 1 is 1.18 bits per heavy atom. The molecule has 38 heavy (non-hydrogen) atoms. The Bertz CT molecular complexity index is 1830. The highest BCUT2D eigenvalue weighted by Crippen LogP contribution is 2.65. The second-order valence-corrected chi connectivity index (χ2v) is 12.7. The normalized spacial score (nSPS) is 21.8. The molecule has 10 heteroatoms. The molecule has 3 aromatic heterocycles. The van der Waals surface area contributed by atoms with E-state index in [-0.39, 0.29) is 11.8 Å². The first kappa shape index (κ1) is 23.8. The SMILES string of the molecule is C[C@]12CC[C@](CCSc3nc4cc(Cl)ccc4s3)(O1)c1c2c(O)n(-c2ccc(C#N)c3ncccc23)c1O. The van der Waals surface area contributed by atoms with Gasteiger partial charge in [0.05, 0.1) is 43.7 Å². The number of aromatic hydroxyl groups is 2. The summed E-state index contributed by atoms with van der Waals surface area (Å²) in [5, 5.41) is 34.0. The summed E-state index contributed by atoms with van der Waals surface area (Å²) in [4.78, 5) is 9.09. The summed E-state index contributed by atoms with van der Waals surface area (Å²) in [6, 6.07) is 14.9. The number of ether oxygens (including phenoxy) is 1. The molecule has 0 radical (unpaired) electrons. The predicted molar refractivity (Wildman–Crippen MR) is 148 cm³/mol. The first-order valence-electron chi connectivity index (χ1n) is 12.2. The second-order valence-electron chi connectivity index (χ2n) is 9.89. The molecule has 7 nitrogen and oxygen atoms in total. The Hall–Kier alpha value is -3.29. The van der Waals surface area contributed by atoms with Crippen LogP contribution in [0.1, 0.15) is 42.9 Å². The molecule has 1 saturated heterocycles. The van der Waals surface area contributed by atoms with Crippen molar-refractivity contribution in [2.75, 3.05) is 5.75 Å². The third kappa shape index (κ3) is 3.31. The number of rotatable bonds is 5. The molecule has 0 spiro atoms. The van der Waals surface area contributed by atoms with E-state index in [0.717, 1.165) is 33.2 Å². The van der Waals surface area contributed by atoms with E-state index in [1.54, 1.807) is 47.5 Å². The second kappa shape index (κ2) is 8.35. The van der Waals surface area contributed by atoms with Crippen molar-refractivity contribution in [2.24, 2.45) is 0 Å². The van der Waals surface area contributed by atoms with Crippen molar-refractivity contribution in [3.63, 3.8) is 0 Å². The fraction of sp³-hybridized carbons (Fsp3) is 0.250. The summed E-state index contributed by atoms with van der Waals surface area (Å²) < 4.78 is 10.1. The van der Waals surface area contributed by atoms with Crippen LogP contribution in [-0.4, -0.2) is 30.5 Å². The number of benzene rings is 2. The van der Waals surface area contributed by atoms with Crippen LogP contribution in [0.4, 0.5) is 0 Å². The maximum Gasteiger partial charge on any atom is 0.205 e. The lowest BCUT2D eigenvalue weighted by molar-refractivity contribution is -0.0803. The van der Waals surface area contributed by atoms with Crippen LogP contribution in [0.5, 0.6) is 11.8 Å². The maximum atomic E-state index is 11.6. The van der Waals surface area contributed by atoms with E-state index in [9.17, 15) is 15.5 Å². The third-order valence-corrected chi connectivity index (χ3v) is 10.1. The highest BCUT2D eigenvalue weighted by Gasteiger charge is 2.61. The van der Waals surface area contributed by atoms with Gasteiger partial charge in [0, 0.05) is 22.4 Å². The predicted octanol–water partition coefficient (Wildman–Crippen LogP) is 6.99. The number of halogens is 1. The van der Waals surface area contributed by atoms with Crippen molar-refractivity contribution in [2.45, 2.75) is 41.7 Å². The van der Waals surface area contributed by atoms with E-state index in [4.69, 9.17) is 21.3 Å². The average Bonchev–Trinajstić information content (AvgIpc) is 3.61. The number of thioether (sulfide) groups is 1. The number of fused-ring (bicyclic) bond motifs is 7. The van der Waals surface area contributed by atoms with E-state index in [0.29, 0.717) is 44.7 Å². The van der Waals surface area contributed by atoms with Crippen LogP contribution in [0.15, 0.2) is 53.0 Å². The molecule has 0 saturated carbocycles. The van der Waals surface area contributed by atoms with Crippen LogP contribution in [0.25, 0.3) is 26.8 Å². The van der Waals surface area contributed by atoms with Gasteiger partial charge in [-0.3, -0.25) is 9.55 Å². The van der Waals surface area contributed by atoms with Gasteiger partial charge in [0.15, 0.2) is 4.34 Å². The molecule has 7 rings (SSSR count). The van der Waals surface area contributed by atoms with Crippen LogP contribution in [0.3, 0.4) is 0 Å². The zero-order chi connectivity index (χ0) is 26.2. The van der Waals surface area contributed by atoms with Crippen molar-refractivity contribution < 1.29 is 14.9 Å². The first-order valence-corrected chi connectivity index (χ1v) is 14.4. The van der Waals surface area contributed by atoms with Gasteiger partial charge < -0.3 is 14.9 Å². The Labute approximate surface area is 231 Å². The summed E-state index contributed by atoms with van der Waals surface area (Å²) in [6.07, 6.45) is 3.78. The zero-order valence-corrected chi connectivity index (χ0v) is 22.6.